The number of benzene rings is 1. The van der Waals surface area contributed by atoms with Crippen LogP contribution in [0.1, 0.15) is 18.9 Å². The fraction of sp³-hybridized carbons (Fsp3) is 0.450. The quantitative estimate of drug-likeness (QED) is 0.668. The Hall–Kier alpha value is -2.09. The van der Waals surface area contributed by atoms with Crippen LogP contribution in [-0.4, -0.2) is 60.0 Å². The van der Waals surface area contributed by atoms with Crippen LogP contribution in [0.4, 0.5) is 5.69 Å². The highest BCUT2D eigenvalue weighted by Crippen LogP contribution is 2.24. The predicted molar refractivity (Wildman–Crippen MR) is 114 cm³/mol. The number of ether oxygens (including phenoxy) is 1. The molecule has 0 spiro atoms. The second kappa shape index (κ2) is 9.61. The highest BCUT2D eigenvalue weighted by atomic mass is 35.5. The number of aryl methyl sites for hydroxylation is 1. The zero-order chi connectivity index (χ0) is 21.0. The minimum Gasteiger partial charge on any atom is -0.465 e. The molecule has 0 atom stereocenters. The molecule has 2 heterocycles. The Morgan fingerprint density at radius 3 is 2.72 bits per heavy atom. The van der Waals surface area contributed by atoms with Gasteiger partial charge in [-0.2, -0.15) is 9.78 Å². The number of rotatable bonds is 5. The summed E-state index contributed by atoms with van der Waals surface area (Å²) >= 11 is 12.6. The number of carbonyl (C=O) groups excluding carboxylic acids is 1. The fourth-order valence-electron chi connectivity index (χ4n) is 3.30. The third kappa shape index (κ3) is 5.10. The van der Waals surface area contributed by atoms with Crippen LogP contribution in [0.15, 0.2) is 29.2 Å². The zero-order valence-electron chi connectivity index (χ0n) is 16.5. The minimum absolute atomic E-state index is 0.121. The number of nitrogens with zero attached hydrogens (tertiary/aromatic N) is 4. The van der Waals surface area contributed by atoms with E-state index in [2.05, 4.69) is 10.00 Å². The van der Waals surface area contributed by atoms with Crippen LogP contribution in [0.5, 0.6) is 0 Å². The van der Waals surface area contributed by atoms with Crippen molar-refractivity contribution in [3.63, 3.8) is 0 Å². The van der Waals surface area contributed by atoms with E-state index in [9.17, 15) is 9.59 Å². The van der Waals surface area contributed by atoms with Gasteiger partial charge in [-0.1, -0.05) is 29.3 Å². The van der Waals surface area contributed by atoms with Crippen molar-refractivity contribution in [3.8, 4) is 5.69 Å². The first-order chi connectivity index (χ1) is 13.9. The summed E-state index contributed by atoms with van der Waals surface area (Å²) in [6, 6.07) is 5.31. The van der Waals surface area contributed by atoms with E-state index in [0.717, 1.165) is 25.1 Å². The Kier molecular flexibility index (Phi) is 7.16. The number of carbonyl (C=O) groups is 1. The Bertz CT molecular complexity index is 948. The van der Waals surface area contributed by atoms with E-state index in [-0.39, 0.29) is 17.5 Å². The van der Waals surface area contributed by atoms with E-state index in [1.807, 2.05) is 17.9 Å². The third-order valence-electron chi connectivity index (χ3n) is 4.89. The summed E-state index contributed by atoms with van der Waals surface area (Å²) in [7, 11) is 0. The Morgan fingerprint density at radius 2 is 2.00 bits per heavy atom. The minimum atomic E-state index is -0.392. The van der Waals surface area contributed by atoms with Crippen LogP contribution in [0.3, 0.4) is 0 Å². The molecule has 1 aliphatic heterocycles. The van der Waals surface area contributed by atoms with Gasteiger partial charge >= 0.3 is 5.97 Å². The summed E-state index contributed by atoms with van der Waals surface area (Å²) in [4.78, 5) is 28.6. The topological polar surface area (TPSA) is 67.7 Å². The van der Waals surface area contributed by atoms with E-state index >= 15 is 0 Å². The zero-order valence-corrected chi connectivity index (χ0v) is 18.0. The fourth-order valence-corrected chi connectivity index (χ4v) is 3.72. The average molecular weight is 439 g/mol. The Labute approximate surface area is 179 Å². The van der Waals surface area contributed by atoms with Crippen molar-refractivity contribution >= 4 is 34.9 Å². The van der Waals surface area contributed by atoms with Gasteiger partial charge in [-0.15, -0.1) is 0 Å². The molecule has 0 amide bonds. The van der Waals surface area contributed by atoms with Crippen molar-refractivity contribution in [2.75, 3.05) is 44.2 Å². The summed E-state index contributed by atoms with van der Waals surface area (Å²) in [5.41, 5.74) is 1.69. The molecule has 1 saturated heterocycles. The number of aromatic nitrogens is 2. The van der Waals surface area contributed by atoms with Gasteiger partial charge in [0.15, 0.2) is 0 Å². The maximum absolute atomic E-state index is 12.8. The van der Waals surface area contributed by atoms with E-state index in [1.165, 1.54) is 4.68 Å². The second-order valence-electron chi connectivity index (χ2n) is 6.92. The SMILES string of the molecule is CCOC(=O)CN1CCCN(c2cnn(-c3ccc(C)c(Cl)c3)c(=O)c2Cl)CC1. The lowest BCUT2D eigenvalue weighted by atomic mass is 10.2. The molecule has 1 aromatic heterocycles. The monoisotopic (exact) mass is 438 g/mol. The van der Waals surface area contributed by atoms with E-state index < -0.39 is 5.56 Å². The molecule has 1 aliphatic rings. The van der Waals surface area contributed by atoms with Crippen molar-refractivity contribution in [1.82, 2.24) is 14.7 Å². The highest BCUT2D eigenvalue weighted by Gasteiger charge is 2.21. The van der Waals surface area contributed by atoms with Crippen molar-refractivity contribution < 1.29 is 9.53 Å². The van der Waals surface area contributed by atoms with Gasteiger partial charge in [0.25, 0.3) is 5.56 Å². The van der Waals surface area contributed by atoms with Crippen LogP contribution in [0.2, 0.25) is 10.0 Å². The molecule has 156 valence electrons. The van der Waals surface area contributed by atoms with Crippen molar-refractivity contribution in [1.29, 1.82) is 0 Å². The van der Waals surface area contributed by atoms with Crippen LogP contribution in [-0.2, 0) is 9.53 Å². The molecule has 0 N–H and O–H groups in total. The van der Waals surface area contributed by atoms with Gasteiger partial charge in [-0.05, 0) is 38.0 Å². The summed E-state index contributed by atoms with van der Waals surface area (Å²) in [5, 5.41) is 4.99. The average Bonchev–Trinajstić information content (AvgIpc) is 2.92. The summed E-state index contributed by atoms with van der Waals surface area (Å²) in [6.45, 7) is 7.14. The molecular weight excluding hydrogens is 415 g/mol. The van der Waals surface area contributed by atoms with Gasteiger partial charge in [0.05, 0.1) is 30.7 Å². The largest absolute Gasteiger partial charge is 0.465 e. The van der Waals surface area contributed by atoms with Crippen LogP contribution < -0.4 is 10.5 Å². The summed E-state index contributed by atoms with van der Waals surface area (Å²) in [5.74, 6) is -0.222. The van der Waals surface area contributed by atoms with Gasteiger partial charge in [0.1, 0.15) is 5.02 Å². The number of esters is 1. The molecule has 3 rings (SSSR count). The van der Waals surface area contributed by atoms with E-state index in [1.54, 1.807) is 25.3 Å². The van der Waals surface area contributed by atoms with Crippen molar-refractivity contribution in [2.45, 2.75) is 20.3 Å². The predicted octanol–water partition coefficient (Wildman–Crippen LogP) is 2.92. The Morgan fingerprint density at radius 1 is 1.21 bits per heavy atom. The number of hydrogen-bond donors (Lipinski definition) is 0. The highest BCUT2D eigenvalue weighted by molar-refractivity contribution is 6.33. The first-order valence-corrected chi connectivity index (χ1v) is 10.3. The maximum Gasteiger partial charge on any atom is 0.320 e. The van der Waals surface area contributed by atoms with Crippen molar-refractivity contribution in [3.05, 3.63) is 50.4 Å². The molecular formula is C20H24Cl2N4O3. The van der Waals surface area contributed by atoms with Gasteiger partial charge < -0.3 is 9.64 Å². The lowest BCUT2D eigenvalue weighted by molar-refractivity contribution is -0.144. The molecule has 7 nitrogen and oxygen atoms in total. The van der Waals surface area contributed by atoms with Gasteiger partial charge in [-0.25, -0.2) is 0 Å². The molecule has 9 heteroatoms. The molecule has 29 heavy (non-hydrogen) atoms. The Balaban J connectivity index is 1.78. The van der Waals surface area contributed by atoms with E-state index in [0.29, 0.717) is 36.1 Å². The normalized spacial score (nSPS) is 15.2. The maximum atomic E-state index is 12.8. The smallest absolute Gasteiger partial charge is 0.320 e. The molecule has 2 aromatic rings. The first kappa shape index (κ1) is 21.6. The van der Waals surface area contributed by atoms with Gasteiger partial charge in [-0.3, -0.25) is 14.5 Å². The second-order valence-corrected chi connectivity index (χ2v) is 7.70. The molecule has 0 unspecified atom stereocenters. The van der Waals surface area contributed by atoms with E-state index in [4.69, 9.17) is 27.9 Å². The molecule has 0 bridgehead atoms. The van der Waals surface area contributed by atoms with Crippen molar-refractivity contribution in [2.24, 2.45) is 0 Å². The lowest BCUT2D eigenvalue weighted by Crippen LogP contribution is -2.35. The standard InChI is InChI=1S/C20H24Cl2N4O3/c1-3-29-18(27)13-24-7-4-8-25(10-9-24)17-12-23-26(20(28)19(17)22)15-6-5-14(2)16(21)11-15/h5-6,11-12H,3-4,7-10,13H2,1-2H3. The molecule has 0 aliphatic carbocycles. The van der Waals surface area contributed by atoms with Gasteiger partial charge in [0.2, 0.25) is 0 Å². The summed E-state index contributed by atoms with van der Waals surface area (Å²) < 4.78 is 6.28. The summed E-state index contributed by atoms with van der Waals surface area (Å²) in [6.07, 6.45) is 2.45. The lowest BCUT2D eigenvalue weighted by Gasteiger charge is -2.24. The number of hydrogen-bond acceptors (Lipinski definition) is 6. The van der Waals surface area contributed by atoms with Crippen LogP contribution in [0.25, 0.3) is 5.69 Å². The van der Waals surface area contributed by atoms with Crippen LogP contribution >= 0.6 is 23.2 Å². The molecule has 0 radical (unpaired) electrons. The third-order valence-corrected chi connectivity index (χ3v) is 5.65. The molecule has 1 aromatic carbocycles. The molecule has 0 saturated carbocycles. The first-order valence-electron chi connectivity index (χ1n) is 9.58. The number of halogens is 2. The van der Waals surface area contributed by atoms with Gasteiger partial charge in [0, 0.05) is 31.2 Å². The molecule has 1 fully saturated rings. The number of anilines is 1. The van der Waals surface area contributed by atoms with Crippen LogP contribution in [0, 0.1) is 6.92 Å².